The van der Waals surface area contributed by atoms with Crippen molar-refractivity contribution in [3.63, 3.8) is 0 Å². The van der Waals surface area contributed by atoms with Gasteiger partial charge in [-0.15, -0.1) is 0 Å². The SMILES string of the molecule is CCC1(c2ccsc2)C(CO)C1(C)C. The van der Waals surface area contributed by atoms with Gasteiger partial charge in [0.25, 0.3) is 0 Å². The summed E-state index contributed by atoms with van der Waals surface area (Å²) < 4.78 is 0. The quantitative estimate of drug-likeness (QED) is 0.813. The van der Waals surface area contributed by atoms with Crippen LogP contribution in [0, 0.1) is 11.3 Å². The normalized spacial score (nSPS) is 34.4. The summed E-state index contributed by atoms with van der Waals surface area (Å²) in [6.45, 7) is 7.09. The van der Waals surface area contributed by atoms with Gasteiger partial charge in [-0.05, 0) is 40.1 Å². The summed E-state index contributed by atoms with van der Waals surface area (Å²) in [4.78, 5) is 0. The predicted octanol–water partition coefficient (Wildman–Crippen LogP) is 3.04. The molecule has 0 bridgehead atoms. The number of rotatable bonds is 3. The zero-order chi connectivity index (χ0) is 10.4. The summed E-state index contributed by atoms with van der Waals surface area (Å²) in [7, 11) is 0. The van der Waals surface area contributed by atoms with Crippen molar-refractivity contribution in [2.24, 2.45) is 11.3 Å². The van der Waals surface area contributed by atoms with Crippen molar-refractivity contribution in [1.82, 2.24) is 0 Å². The van der Waals surface area contributed by atoms with Gasteiger partial charge in [-0.2, -0.15) is 11.3 Å². The van der Waals surface area contributed by atoms with Gasteiger partial charge in [-0.1, -0.05) is 20.8 Å². The maximum Gasteiger partial charge on any atom is 0.0473 e. The van der Waals surface area contributed by atoms with Gasteiger partial charge in [0.2, 0.25) is 0 Å². The lowest BCUT2D eigenvalue weighted by molar-refractivity contribution is 0.252. The maximum atomic E-state index is 9.41. The monoisotopic (exact) mass is 210 g/mol. The summed E-state index contributed by atoms with van der Waals surface area (Å²) in [5, 5.41) is 13.8. The van der Waals surface area contributed by atoms with Crippen LogP contribution in [0.5, 0.6) is 0 Å². The number of hydrogen-bond acceptors (Lipinski definition) is 2. The molecule has 0 spiro atoms. The first kappa shape index (κ1) is 10.2. The molecule has 1 aromatic heterocycles. The van der Waals surface area contributed by atoms with E-state index in [-0.39, 0.29) is 10.8 Å². The second kappa shape index (κ2) is 3.07. The second-order valence-corrected chi connectivity index (χ2v) is 5.57. The van der Waals surface area contributed by atoms with Crippen molar-refractivity contribution in [1.29, 1.82) is 0 Å². The molecule has 1 aromatic rings. The van der Waals surface area contributed by atoms with Crippen LogP contribution in [0.15, 0.2) is 16.8 Å². The Hall–Kier alpha value is -0.340. The van der Waals surface area contributed by atoms with Crippen LogP contribution in [-0.2, 0) is 5.41 Å². The van der Waals surface area contributed by atoms with E-state index in [4.69, 9.17) is 0 Å². The lowest BCUT2D eigenvalue weighted by Crippen LogP contribution is -2.13. The molecule has 2 atom stereocenters. The lowest BCUT2D eigenvalue weighted by atomic mass is 9.87. The van der Waals surface area contributed by atoms with Gasteiger partial charge in [-0.25, -0.2) is 0 Å². The summed E-state index contributed by atoms with van der Waals surface area (Å²) in [6.07, 6.45) is 1.13. The summed E-state index contributed by atoms with van der Waals surface area (Å²) in [5.41, 5.74) is 1.92. The number of aliphatic hydroxyl groups is 1. The van der Waals surface area contributed by atoms with Gasteiger partial charge in [-0.3, -0.25) is 0 Å². The van der Waals surface area contributed by atoms with E-state index >= 15 is 0 Å². The number of aliphatic hydroxyl groups excluding tert-OH is 1. The van der Waals surface area contributed by atoms with Crippen LogP contribution in [0.1, 0.15) is 32.8 Å². The van der Waals surface area contributed by atoms with Gasteiger partial charge >= 0.3 is 0 Å². The third-order valence-electron chi connectivity index (χ3n) is 4.31. The van der Waals surface area contributed by atoms with Crippen LogP contribution < -0.4 is 0 Å². The topological polar surface area (TPSA) is 20.2 Å². The molecule has 1 saturated carbocycles. The highest BCUT2D eigenvalue weighted by Crippen LogP contribution is 2.71. The minimum absolute atomic E-state index is 0.238. The van der Waals surface area contributed by atoms with E-state index in [1.807, 2.05) is 0 Å². The van der Waals surface area contributed by atoms with Gasteiger partial charge in [0.05, 0.1) is 0 Å². The Morgan fingerprint density at radius 2 is 2.21 bits per heavy atom. The van der Waals surface area contributed by atoms with E-state index < -0.39 is 0 Å². The molecule has 1 aliphatic carbocycles. The Labute approximate surface area is 89.8 Å². The van der Waals surface area contributed by atoms with E-state index in [1.54, 1.807) is 11.3 Å². The number of hydrogen-bond donors (Lipinski definition) is 1. The predicted molar refractivity (Wildman–Crippen MR) is 60.6 cm³/mol. The van der Waals surface area contributed by atoms with Crippen LogP contribution in [0.3, 0.4) is 0 Å². The highest BCUT2D eigenvalue weighted by molar-refractivity contribution is 7.08. The van der Waals surface area contributed by atoms with E-state index in [0.29, 0.717) is 12.5 Å². The van der Waals surface area contributed by atoms with Crippen LogP contribution in [0.2, 0.25) is 0 Å². The average Bonchev–Trinajstić information content (AvgIpc) is 2.60. The van der Waals surface area contributed by atoms with E-state index in [1.165, 1.54) is 5.56 Å². The molecule has 0 aliphatic heterocycles. The molecule has 0 aromatic carbocycles. The fourth-order valence-electron chi connectivity index (χ4n) is 3.35. The number of thiophene rings is 1. The maximum absolute atomic E-state index is 9.41. The lowest BCUT2D eigenvalue weighted by Gasteiger charge is -2.17. The van der Waals surface area contributed by atoms with E-state index in [9.17, 15) is 5.11 Å². The largest absolute Gasteiger partial charge is 0.396 e. The first-order chi connectivity index (χ1) is 6.61. The molecule has 78 valence electrons. The minimum atomic E-state index is 0.238. The molecule has 0 radical (unpaired) electrons. The van der Waals surface area contributed by atoms with Gasteiger partial charge in [0, 0.05) is 12.0 Å². The van der Waals surface area contributed by atoms with Crippen molar-refractivity contribution < 1.29 is 5.11 Å². The summed E-state index contributed by atoms with van der Waals surface area (Å²) >= 11 is 1.75. The standard InChI is InChI=1S/C12H18OS/c1-4-12(9-5-6-14-8-9)10(7-13)11(12,2)3/h5-6,8,10,13H,4,7H2,1-3H3. The van der Waals surface area contributed by atoms with Gasteiger partial charge in [0.1, 0.15) is 0 Å². The van der Waals surface area contributed by atoms with Crippen molar-refractivity contribution >= 4 is 11.3 Å². The Kier molecular flexibility index (Phi) is 2.24. The minimum Gasteiger partial charge on any atom is -0.396 e. The summed E-state index contributed by atoms with van der Waals surface area (Å²) in [6, 6.07) is 2.21. The molecule has 1 fully saturated rings. The molecular weight excluding hydrogens is 192 g/mol. The molecule has 1 nitrogen and oxygen atoms in total. The second-order valence-electron chi connectivity index (χ2n) is 4.79. The molecular formula is C12H18OS. The van der Waals surface area contributed by atoms with Crippen molar-refractivity contribution in [2.45, 2.75) is 32.6 Å². The van der Waals surface area contributed by atoms with Crippen molar-refractivity contribution in [3.8, 4) is 0 Å². The average molecular weight is 210 g/mol. The fourth-order valence-corrected chi connectivity index (χ4v) is 4.09. The Morgan fingerprint density at radius 3 is 2.57 bits per heavy atom. The van der Waals surface area contributed by atoms with Crippen molar-refractivity contribution in [3.05, 3.63) is 22.4 Å². The Bertz CT molecular complexity index is 315. The molecule has 2 rings (SSSR count). The van der Waals surface area contributed by atoms with Crippen LogP contribution in [-0.4, -0.2) is 11.7 Å². The first-order valence-corrected chi connectivity index (χ1v) is 6.19. The van der Waals surface area contributed by atoms with Crippen LogP contribution in [0.4, 0.5) is 0 Å². The van der Waals surface area contributed by atoms with E-state index in [0.717, 1.165) is 6.42 Å². The van der Waals surface area contributed by atoms with Crippen molar-refractivity contribution in [2.75, 3.05) is 6.61 Å². The molecule has 0 amide bonds. The van der Waals surface area contributed by atoms with Gasteiger partial charge < -0.3 is 5.11 Å². The van der Waals surface area contributed by atoms with Gasteiger partial charge in [0.15, 0.2) is 0 Å². The third kappa shape index (κ3) is 0.986. The molecule has 2 unspecified atom stereocenters. The Morgan fingerprint density at radius 1 is 1.50 bits per heavy atom. The molecule has 1 N–H and O–H groups in total. The molecule has 0 saturated heterocycles. The third-order valence-corrected chi connectivity index (χ3v) is 4.99. The highest BCUT2D eigenvalue weighted by atomic mass is 32.1. The molecule has 14 heavy (non-hydrogen) atoms. The zero-order valence-corrected chi connectivity index (χ0v) is 9.90. The van der Waals surface area contributed by atoms with E-state index in [2.05, 4.69) is 37.6 Å². The zero-order valence-electron chi connectivity index (χ0n) is 9.08. The smallest absolute Gasteiger partial charge is 0.0473 e. The fraction of sp³-hybridized carbons (Fsp3) is 0.667. The molecule has 1 heterocycles. The summed E-state index contributed by atoms with van der Waals surface area (Å²) in [5.74, 6) is 0.439. The van der Waals surface area contributed by atoms with Crippen LogP contribution in [0.25, 0.3) is 0 Å². The van der Waals surface area contributed by atoms with Crippen LogP contribution >= 0.6 is 11.3 Å². The Balaban J connectivity index is 2.39. The molecule has 1 aliphatic rings. The highest BCUT2D eigenvalue weighted by Gasteiger charge is 2.69. The first-order valence-electron chi connectivity index (χ1n) is 5.24. The molecule has 2 heteroatoms.